The fourth-order valence-electron chi connectivity index (χ4n) is 1.25. The molecule has 0 aromatic carbocycles. The van der Waals surface area contributed by atoms with Gasteiger partial charge in [-0.05, 0) is 6.08 Å². The van der Waals surface area contributed by atoms with E-state index >= 15 is 0 Å². The highest BCUT2D eigenvalue weighted by atomic mass is 32.2. The summed E-state index contributed by atoms with van der Waals surface area (Å²) in [5, 5.41) is 12.9. The minimum atomic E-state index is 0.269. The zero-order valence-electron chi connectivity index (χ0n) is 5.45. The fourth-order valence-corrected chi connectivity index (χ4v) is 2.36. The highest BCUT2D eigenvalue weighted by Crippen LogP contribution is 2.29. The number of aliphatic hydroxyl groups is 1. The number of rotatable bonds is 0. The zero-order valence-corrected chi connectivity index (χ0v) is 6.27. The van der Waals surface area contributed by atoms with Crippen molar-refractivity contribution in [3.63, 3.8) is 0 Å². The van der Waals surface area contributed by atoms with Gasteiger partial charge in [0.1, 0.15) is 5.76 Å². The van der Waals surface area contributed by atoms with Gasteiger partial charge in [0.05, 0.1) is 5.25 Å². The summed E-state index contributed by atoms with van der Waals surface area (Å²) in [6.07, 6.45) is 5.75. The molecule has 0 bridgehead atoms. The first kappa shape index (κ1) is 6.31. The predicted octanol–water partition coefficient (Wildman–Crippen LogP) is 1.03. The lowest BCUT2D eigenvalue weighted by Crippen LogP contribution is -2.30. The molecule has 2 atom stereocenters. The van der Waals surface area contributed by atoms with Gasteiger partial charge >= 0.3 is 0 Å². The second-order valence-electron chi connectivity index (χ2n) is 2.44. The van der Waals surface area contributed by atoms with E-state index in [1.165, 1.54) is 0 Å². The van der Waals surface area contributed by atoms with Gasteiger partial charge in [0.15, 0.2) is 0 Å². The molecule has 54 valence electrons. The first-order valence-corrected chi connectivity index (χ1v) is 4.35. The number of fused-ring (bicyclic) bond motifs is 1. The van der Waals surface area contributed by atoms with E-state index in [0.29, 0.717) is 11.8 Å². The number of hydrogen-bond donors (Lipinski definition) is 2. The summed E-state index contributed by atoms with van der Waals surface area (Å²) in [7, 11) is 0. The van der Waals surface area contributed by atoms with Gasteiger partial charge in [-0.1, -0.05) is 12.2 Å². The first-order valence-electron chi connectivity index (χ1n) is 3.30. The van der Waals surface area contributed by atoms with Crippen LogP contribution in [0, 0.1) is 0 Å². The van der Waals surface area contributed by atoms with Crippen molar-refractivity contribution in [1.29, 1.82) is 0 Å². The van der Waals surface area contributed by atoms with E-state index in [0.717, 1.165) is 5.88 Å². The molecule has 2 rings (SSSR count). The molecular weight excluding hydrogens is 146 g/mol. The summed E-state index contributed by atoms with van der Waals surface area (Å²) in [6, 6.07) is 0.356. The Morgan fingerprint density at radius 3 is 3.40 bits per heavy atom. The van der Waals surface area contributed by atoms with Crippen molar-refractivity contribution in [2.45, 2.75) is 11.3 Å². The predicted molar refractivity (Wildman–Crippen MR) is 43.0 cm³/mol. The summed E-state index contributed by atoms with van der Waals surface area (Å²) in [6.45, 7) is 0. The van der Waals surface area contributed by atoms with Crippen LogP contribution >= 0.6 is 11.8 Å². The Bertz CT molecular complexity index is 200. The van der Waals surface area contributed by atoms with Crippen molar-refractivity contribution >= 4 is 11.8 Å². The van der Waals surface area contributed by atoms with E-state index < -0.39 is 0 Å². The Balaban J connectivity index is 2.24. The molecule has 2 unspecified atom stereocenters. The van der Waals surface area contributed by atoms with Crippen molar-refractivity contribution in [2.24, 2.45) is 0 Å². The lowest BCUT2D eigenvalue weighted by Gasteiger charge is -2.16. The second-order valence-corrected chi connectivity index (χ2v) is 3.57. The minimum absolute atomic E-state index is 0.269. The number of aliphatic hydroxyl groups excluding tert-OH is 1. The molecule has 2 nitrogen and oxygen atoms in total. The van der Waals surface area contributed by atoms with Gasteiger partial charge in [0, 0.05) is 11.9 Å². The number of nitrogens with one attached hydrogen (secondary N) is 1. The van der Waals surface area contributed by atoms with Crippen LogP contribution in [0.4, 0.5) is 0 Å². The molecule has 0 spiro atoms. The van der Waals surface area contributed by atoms with Crippen LogP contribution in [-0.2, 0) is 0 Å². The van der Waals surface area contributed by atoms with Crippen LogP contribution in [0.3, 0.4) is 0 Å². The third-order valence-electron chi connectivity index (χ3n) is 1.79. The maximum Gasteiger partial charge on any atom is 0.107 e. The monoisotopic (exact) mass is 155 g/mol. The zero-order chi connectivity index (χ0) is 6.97. The Kier molecular flexibility index (Phi) is 1.47. The second kappa shape index (κ2) is 2.32. The summed E-state index contributed by atoms with van der Waals surface area (Å²) < 4.78 is 0. The first-order chi connectivity index (χ1) is 4.88. The quantitative estimate of drug-likeness (QED) is 0.548. The van der Waals surface area contributed by atoms with E-state index in [-0.39, 0.29) is 5.25 Å². The maximum absolute atomic E-state index is 9.33. The largest absolute Gasteiger partial charge is 0.511 e. The van der Waals surface area contributed by atoms with E-state index in [1.807, 2.05) is 6.08 Å². The van der Waals surface area contributed by atoms with Gasteiger partial charge in [-0.2, -0.15) is 0 Å². The molecule has 0 saturated carbocycles. The molecule has 1 saturated heterocycles. The van der Waals surface area contributed by atoms with Crippen LogP contribution in [0.5, 0.6) is 0 Å². The SMILES string of the molecule is OC1=CC=CC2NCSC12. The highest BCUT2D eigenvalue weighted by molar-refractivity contribution is 8.00. The fraction of sp³-hybridized carbons (Fsp3) is 0.429. The molecule has 2 aliphatic rings. The van der Waals surface area contributed by atoms with Gasteiger partial charge in [0.25, 0.3) is 0 Å². The van der Waals surface area contributed by atoms with Crippen LogP contribution in [0.2, 0.25) is 0 Å². The lowest BCUT2D eigenvalue weighted by molar-refractivity contribution is 0.382. The van der Waals surface area contributed by atoms with E-state index in [4.69, 9.17) is 0 Å². The number of thioether (sulfide) groups is 1. The third kappa shape index (κ3) is 0.859. The van der Waals surface area contributed by atoms with Gasteiger partial charge in [-0.15, -0.1) is 11.8 Å². The van der Waals surface area contributed by atoms with Crippen molar-refractivity contribution in [1.82, 2.24) is 5.32 Å². The van der Waals surface area contributed by atoms with Gasteiger partial charge in [-0.3, -0.25) is 0 Å². The molecule has 3 heteroatoms. The van der Waals surface area contributed by atoms with Gasteiger partial charge < -0.3 is 10.4 Å². The smallest absolute Gasteiger partial charge is 0.107 e. The van der Waals surface area contributed by atoms with Crippen molar-refractivity contribution in [2.75, 3.05) is 5.88 Å². The van der Waals surface area contributed by atoms with Crippen LogP contribution in [-0.4, -0.2) is 22.3 Å². The molecule has 0 radical (unpaired) electrons. The molecule has 1 heterocycles. The molecule has 10 heavy (non-hydrogen) atoms. The van der Waals surface area contributed by atoms with Crippen LogP contribution < -0.4 is 5.32 Å². The van der Waals surface area contributed by atoms with Crippen molar-refractivity contribution in [3.05, 3.63) is 24.0 Å². The average Bonchev–Trinajstić information content (AvgIpc) is 2.36. The maximum atomic E-state index is 9.33. The number of hydrogen-bond acceptors (Lipinski definition) is 3. The Morgan fingerprint density at radius 2 is 2.60 bits per heavy atom. The molecule has 2 N–H and O–H groups in total. The standard InChI is InChI=1S/C7H9NOS/c9-6-3-1-2-5-7(6)10-4-8-5/h1-3,5,7-9H,4H2. The lowest BCUT2D eigenvalue weighted by atomic mass is 10.1. The van der Waals surface area contributed by atoms with Crippen LogP contribution in [0.25, 0.3) is 0 Å². The molecule has 0 aromatic heterocycles. The van der Waals surface area contributed by atoms with Gasteiger partial charge in [-0.25, -0.2) is 0 Å². The average molecular weight is 155 g/mol. The molecular formula is C7H9NOS. The van der Waals surface area contributed by atoms with E-state index in [2.05, 4.69) is 11.4 Å². The minimum Gasteiger partial charge on any atom is -0.511 e. The molecule has 0 amide bonds. The normalized spacial score (nSPS) is 37.4. The van der Waals surface area contributed by atoms with Crippen molar-refractivity contribution in [3.8, 4) is 0 Å². The molecule has 1 aliphatic carbocycles. The highest BCUT2D eigenvalue weighted by Gasteiger charge is 2.29. The summed E-state index contributed by atoms with van der Waals surface area (Å²) in [5.74, 6) is 1.44. The van der Waals surface area contributed by atoms with Crippen LogP contribution in [0.15, 0.2) is 24.0 Å². The Labute approximate surface area is 64.0 Å². The topological polar surface area (TPSA) is 32.3 Å². The Hall–Kier alpha value is -0.410. The third-order valence-corrected chi connectivity index (χ3v) is 3.01. The van der Waals surface area contributed by atoms with Gasteiger partial charge in [0.2, 0.25) is 0 Å². The van der Waals surface area contributed by atoms with Crippen molar-refractivity contribution < 1.29 is 5.11 Å². The number of allylic oxidation sites excluding steroid dienone is 2. The summed E-state index contributed by atoms with van der Waals surface area (Å²) in [4.78, 5) is 0. The van der Waals surface area contributed by atoms with E-state index in [9.17, 15) is 5.11 Å². The molecule has 1 fully saturated rings. The van der Waals surface area contributed by atoms with Crippen LogP contribution in [0.1, 0.15) is 0 Å². The molecule has 0 aromatic rings. The summed E-state index contributed by atoms with van der Waals surface area (Å²) >= 11 is 1.75. The molecule has 1 aliphatic heterocycles. The Morgan fingerprint density at radius 1 is 1.70 bits per heavy atom. The van der Waals surface area contributed by atoms with E-state index in [1.54, 1.807) is 17.8 Å². The summed E-state index contributed by atoms with van der Waals surface area (Å²) in [5.41, 5.74) is 0.